The number of anilines is 1. The van der Waals surface area contributed by atoms with Gasteiger partial charge in [-0.2, -0.15) is 5.10 Å². The van der Waals surface area contributed by atoms with Gasteiger partial charge >= 0.3 is 0 Å². The molecule has 0 fully saturated rings. The summed E-state index contributed by atoms with van der Waals surface area (Å²) in [6, 6.07) is 10.7. The van der Waals surface area contributed by atoms with E-state index in [1.807, 2.05) is 30.5 Å². The number of hydrogen-bond acceptors (Lipinski definition) is 7. The number of fused-ring (bicyclic) bond motifs is 1. The number of thiazole rings is 1. The van der Waals surface area contributed by atoms with Crippen LogP contribution >= 0.6 is 11.3 Å². The first-order valence-corrected chi connectivity index (χ1v) is 10.7. The summed E-state index contributed by atoms with van der Waals surface area (Å²) in [5.74, 6) is 0.788. The van der Waals surface area contributed by atoms with Crippen LogP contribution in [0.25, 0.3) is 11.3 Å². The number of rotatable bonds is 6. The number of benzene rings is 2. The Labute approximate surface area is 188 Å². The van der Waals surface area contributed by atoms with E-state index in [1.54, 1.807) is 29.1 Å². The van der Waals surface area contributed by atoms with Gasteiger partial charge in [0.05, 0.1) is 31.3 Å². The number of nitrogens with one attached hydrogen (secondary N) is 1. The quantitative estimate of drug-likeness (QED) is 0.443. The Bertz CT molecular complexity index is 1290. The summed E-state index contributed by atoms with van der Waals surface area (Å²) in [6.45, 7) is 6.28. The van der Waals surface area contributed by atoms with Crippen molar-refractivity contribution in [1.82, 2.24) is 4.68 Å². The first kappa shape index (κ1) is 21.4. The summed E-state index contributed by atoms with van der Waals surface area (Å²) >= 11 is 1.43. The molecule has 4 rings (SSSR count). The molecule has 32 heavy (non-hydrogen) atoms. The van der Waals surface area contributed by atoms with Crippen molar-refractivity contribution in [3.63, 3.8) is 0 Å². The van der Waals surface area contributed by atoms with Crippen LogP contribution in [0.15, 0.2) is 64.0 Å². The second kappa shape index (κ2) is 9.11. The molecular weight excluding hydrogens is 428 g/mol. The fraction of sp³-hybridized carbons (Fsp3) is 0.174. The zero-order valence-electron chi connectivity index (χ0n) is 17.7. The van der Waals surface area contributed by atoms with E-state index in [1.165, 1.54) is 18.4 Å². The van der Waals surface area contributed by atoms with Gasteiger partial charge in [0.1, 0.15) is 5.75 Å². The maximum absolute atomic E-state index is 11.7. The molecule has 1 aliphatic rings. The fourth-order valence-electron chi connectivity index (χ4n) is 3.09. The minimum absolute atomic E-state index is 0.00303. The second-order valence-corrected chi connectivity index (χ2v) is 8.02. The predicted molar refractivity (Wildman–Crippen MR) is 125 cm³/mol. The Balaban J connectivity index is 1.80. The molecule has 1 aromatic heterocycles. The van der Waals surface area contributed by atoms with Crippen LogP contribution in [0.4, 0.5) is 5.69 Å². The molecule has 9 heteroatoms. The normalized spacial score (nSPS) is 13.6. The Kier molecular flexibility index (Phi) is 6.09. The van der Waals surface area contributed by atoms with Gasteiger partial charge < -0.3 is 19.9 Å². The highest BCUT2D eigenvalue weighted by Gasteiger charge is 2.18. The highest BCUT2D eigenvalue weighted by molar-refractivity contribution is 7.07. The van der Waals surface area contributed by atoms with E-state index in [-0.39, 0.29) is 18.3 Å². The van der Waals surface area contributed by atoms with Crippen LogP contribution in [0.5, 0.6) is 17.2 Å². The van der Waals surface area contributed by atoms with Gasteiger partial charge in [0, 0.05) is 16.5 Å². The summed E-state index contributed by atoms with van der Waals surface area (Å²) in [7, 11) is 1.49. The van der Waals surface area contributed by atoms with Gasteiger partial charge in [-0.3, -0.25) is 9.79 Å². The number of methoxy groups -OCH3 is 1. The maximum atomic E-state index is 11.7. The molecule has 0 atom stereocenters. The molecule has 0 radical (unpaired) electrons. The zero-order valence-corrected chi connectivity index (χ0v) is 18.5. The van der Waals surface area contributed by atoms with Crippen molar-refractivity contribution in [3.8, 4) is 28.5 Å². The van der Waals surface area contributed by atoms with Crippen molar-refractivity contribution in [2.75, 3.05) is 25.6 Å². The van der Waals surface area contributed by atoms with Gasteiger partial charge in [-0.25, -0.2) is 4.68 Å². The second-order valence-electron chi connectivity index (χ2n) is 7.18. The third-order valence-electron chi connectivity index (χ3n) is 4.64. The van der Waals surface area contributed by atoms with E-state index < -0.39 is 0 Å². The number of aromatic hydroxyl groups is 1. The molecular formula is C23H22N4O4S. The predicted octanol–water partition coefficient (Wildman–Crippen LogP) is 3.62. The number of nitrogens with zero attached hydrogens (tertiary/aromatic N) is 3. The average molecular weight is 451 g/mol. The van der Waals surface area contributed by atoms with E-state index in [2.05, 4.69) is 22.0 Å². The standard InChI is InChI=1S/C23H22N4O4S/c1-14(2)10-24-23-27(25-11-16-5-4-6-20(30-3)22(16)29)18(13-32-23)15-7-8-19-17(9-15)26-21(28)12-31-19/h4-9,11,13,29H,1,10,12H2,2-3H3,(H,26,28). The number of phenolic OH excluding ortho intramolecular Hbond substituents is 1. The Morgan fingerprint density at radius 1 is 1.41 bits per heavy atom. The van der Waals surface area contributed by atoms with E-state index >= 15 is 0 Å². The monoisotopic (exact) mass is 450 g/mol. The molecule has 164 valence electrons. The highest BCUT2D eigenvalue weighted by Crippen LogP contribution is 2.33. The first-order chi connectivity index (χ1) is 15.5. The number of para-hydroxylation sites is 1. The van der Waals surface area contributed by atoms with E-state index in [9.17, 15) is 9.90 Å². The van der Waals surface area contributed by atoms with Gasteiger partial charge in [-0.05, 0) is 37.3 Å². The van der Waals surface area contributed by atoms with Crippen molar-refractivity contribution < 1.29 is 19.4 Å². The number of hydrogen-bond donors (Lipinski definition) is 2. The molecule has 0 unspecified atom stereocenters. The molecule has 2 heterocycles. The SMILES string of the molecule is C=C(C)CN=c1scc(-c2ccc3c(c2)NC(=O)CO3)n1N=Cc1cccc(OC)c1O. The number of amides is 1. The van der Waals surface area contributed by atoms with Gasteiger partial charge in [0.15, 0.2) is 18.1 Å². The van der Waals surface area contributed by atoms with E-state index in [0.29, 0.717) is 34.1 Å². The van der Waals surface area contributed by atoms with Crippen LogP contribution in [-0.2, 0) is 4.79 Å². The lowest BCUT2D eigenvalue weighted by molar-refractivity contribution is -0.118. The third kappa shape index (κ3) is 4.42. The maximum Gasteiger partial charge on any atom is 0.262 e. The summed E-state index contributed by atoms with van der Waals surface area (Å²) < 4.78 is 12.3. The summed E-state index contributed by atoms with van der Waals surface area (Å²) in [5.41, 5.74) is 3.64. The molecule has 2 N–H and O–H groups in total. The zero-order chi connectivity index (χ0) is 22.7. The summed E-state index contributed by atoms with van der Waals surface area (Å²) in [6.07, 6.45) is 1.55. The van der Waals surface area contributed by atoms with Crippen LogP contribution in [0.3, 0.4) is 0 Å². The van der Waals surface area contributed by atoms with Crippen LogP contribution in [-0.4, -0.2) is 42.2 Å². The Morgan fingerprint density at radius 3 is 3.03 bits per heavy atom. The van der Waals surface area contributed by atoms with E-state index in [0.717, 1.165) is 16.8 Å². The van der Waals surface area contributed by atoms with Gasteiger partial charge in [-0.15, -0.1) is 11.3 Å². The van der Waals surface area contributed by atoms with Crippen molar-refractivity contribution in [2.24, 2.45) is 10.1 Å². The minimum atomic E-state index is -0.198. The number of aromatic nitrogens is 1. The van der Waals surface area contributed by atoms with Crippen LogP contribution < -0.4 is 19.6 Å². The van der Waals surface area contributed by atoms with Crippen molar-refractivity contribution >= 4 is 29.1 Å². The Hall–Kier alpha value is -3.85. The van der Waals surface area contributed by atoms with Gasteiger partial charge in [0.25, 0.3) is 5.91 Å². The molecule has 0 bridgehead atoms. The van der Waals surface area contributed by atoms with Crippen molar-refractivity contribution in [2.45, 2.75) is 6.92 Å². The lowest BCUT2D eigenvalue weighted by Crippen LogP contribution is -2.25. The molecule has 1 amide bonds. The molecule has 3 aromatic rings. The molecule has 0 saturated carbocycles. The fourth-order valence-corrected chi connectivity index (χ4v) is 3.93. The van der Waals surface area contributed by atoms with Crippen LogP contribution in [0.2, 0.25) is 0 Å². The average Bonchev–Trinajstić information content (AvgIpc) is 3.19. The molecule has 1 aliphatic heterocycles. The largest absolute Gasteiger partial charge is 0.504 e. The third-order valence-corrected chi connectivity index (χ3v) is 5.49. The molecule has 0 spiro atoms. The number of ether oxygens (including phenoxy) is 2. The number of phenols is 1. The topological polar surface area (TPSA) is 97.4 Å². The lowest BCUT2D eigenvalue weighted by Gasteiger charge is -2.18. The van der Waals surface area contributed by atoms with Crippen molar-refractivity contribution in [3.05, 3.63) is 64.3 Å². The lowest BCUT2D eigenvalue weighted by atomic mass is 10.1. The van der Waals surface area contributed by atoms with Gasteiger partial charge in [0.2, 0.25) is 4.80 Å². The minimum Gasteiger partial charge on any atom is -0.504 e. The van der Waals surface area contributed by atoms with Crippen LogP contribution in [0.1, 0.15) is 12.5 Å². The highest BCUT2D eigenvalue weighted by atomic mass is 32.1. The van der Waals surface area contributed by atoms with Crippen molar-refractivity contribution in [1.29, 1.82) is 0 Å². The summed E-state index contributed by atoms with van der Waals surface area (Å²) in [4.78, 5) is 17.0. The number of carbonyl (C=O) groups excluding carboxylic acids is 1. The number of carbonyl (C=O) groups is 1. The summed E-state index contributed by atoms with van der Waals surface area (Å²) in [5, 5.41) is 19.8. The first-order valence-electron chi connectivity index (χ1n) is 9.79. The smallest absolute Gasteiger partial charge is 0.262 e. The van der Waals surface area contributed by atoms with E-state index in [4.69, 9.17) is 9.47 Å². The Morgan fingerprint density at radius 2 is 2.25 bits per heavy atom. The van der Waals surface area contributed by atoms with Crippen LogP contribution in [0, 0.1) is 0 Å². The molecule has 0 saturated heterocycles. The molecule has 8 nitrogen and oxygen atoms in total. The molecule has 0 aliphatic carbocycles. The van der Waals surface area contributed by atoms with Gasteiger partial charge in [-0.1, -0.05) is 18.2 Å². The molecule has 2 aromatic carbocycles.